The summed E-state index contributed by atoms with van der Waals surface area (Å²) in [5, 5.41) is 11.6. The number of aromatic nitrogens is 2. The number of para-hydroxylation sites is 1. The third kappa shape index (κ3) is 3.96. The first kappa shape index (κ1) is 20.9. The first-order valence-electron chi connectivity index (χ1n) is 10.7. The van der Waals surface area contributed by atoms with Gasteiger partial charge in [-0.25, -0.2) is 4.98 Å². The summed E-state index contributed by atoms with van der Waals surface area (Å²) in [6.07, 6.45) is 6.05. The molecule has 2 atom stereocenters. The van der Waals surface area contributed by atoms with Crippen LogP contribution in [0.3, 0.4) is 0 Å². The molecule has 7 heteroatoms. The van der Waals surface area contributed by atoms with Crippen LogP contribution in [0.4, 0.5) is 0 Å². The third-order valence-electron chi connectivity index (χ3n) is 6.31. The van der Waals surface area contributed by atoms with E-state index in [1.807, 2.05) is 12.1 Å². The number of ether oxygens (including phenoxy) is 3. The van der Waals surface area contributed by atoms with Crippen molar-refractivity contribution >= 4 is 0 Å². The number of hydrogen-bond acceptors (Lipinski definition) is 7. The maximum atomic E-state index is 11.6. The number of benzene rings is 1. The minimum absolute atomic E-state index is 0.239. The molecule has 2 aromatic rings. The predicted molar refractivity (Wildman–Crippen MR) is 113 cm³/mol. The smallest absolute Gasteiger partial charge is 0.319 e. The molecule has 3 heterocycles. The van der Waals surface area contributed by atoms with E-state index in [9.17, 15) is 5.11 Å². The van der Waals surface area contributed by atoms with Crippen LogP contribution in [-0.4, -0.2) is 52.9 Å². The van der Waals surface area contributed by atoms with Gasteiger partial charge in [-0.1, -0.05) is 25.1 Å². The molecule has 2 unspecified atom stereocenters. The molecule has 1 aromatic carbocycles. The molecule has 2 aliphatic rings. The van der Waals surface area contributed by atoms with Gasteiger partial charge in [-0.15, -0.1) is 0 Å². The highest BCUT2D eigenvalue weighted by Crippen LogP contribution is 2.48. The van der Waals surface area contributed by atoms with Crippen LogP contribution in [0.15, 0.2) is 30.5 Å². The number of piperidine rings is 1. The fourth-order valence-electron chi connectivity index (χ4n) is 4.90. The van der Waals surface area contributed by atoms with Crippen molar-refractivity contribution in [2.75, 3.05) is 20.8 Å². The fourth-order valence-corrected chi connectivity index (χ4v) is 4.90. The lowest BCUT2D eigenvalue weighted by Gasteiger charge is -2.44. The zero-order chi connectivity index (χ0) is 21.1. The second kappa shape index (κ2) is 8.78. The van der Waals surface area contributed by atoms with Crippen LogP contribution in [0.2, 0.25) is 0 Å². The van der Waals surface area contributed by atoms with Gasteiger partial charge in [0.15, 0.2) is 0 Å². The third-order valence-corrected chi connectivity index (χ3v) is 6.31. The number of methoxy groups -OCH3 is 2. The molecule has 2 fully saturated rings. The van der Waals surface area contributed by atoms with Crippen LogP contribution in [0.5, 0.6) is 17.6 Å². The first-order chi connectivity index (χ1) is 14.6. The number of fused-ring (bicyclic) bond motifs is 2. The van der Waals surface area contributed by atoms with E-state index in [4.69, 9.17) is 14.2 Å². The Morgan fingerprint density at radius 2 is 1.87 bits per heavy atom. The molecule has 30 heavy (non-hydrogen) atoms. The summed E-state index contributed by atoms with van der Waals surface area (Å²) in [7, 11) is 3.08. The molecule has 0 amide bonds. The summed E-state index contributed by atoms with van der Waals surface area (Å²) in [5.41, 5.74) is 0.853. The molecule has 162 valence electrons. The Morgan fingerprint density at radius 1 is 1.13 bits per heavy atom. The van der Waals surface area contributed by atoms with Gasteiger partial charge in [-0.3, -0.25) is 4.90 Å². The average molecular weight is 414 g/mol. The van der Waals surface area contributed by atoms with E-state index in [1.54, 1.807) is 13.3 Å². The van der Waals surface area contributed by atoms with Crippen LogP contribution in [0.25, 0.3) is 0 Å². The van der Waals surface area contributed by atoms with Crippen molar-refractivity contribution in [3.05, 3.63) is 41.6 Å². The van der Waals surface area contributed by atoms with Crippen molar-refractivity contribution in [2.45, 2.75) is 63.3 Å². The zero-order valence-electron chi connectivity index (χ0n) is 18.0. The Balaban J connectivity index is 1.54. The molecule has 7 nitrogen and oxygen atoms in total. The summed E-state index contributed by atoms with van der Waals surface area (Å²) >= 11 is 0. The monoisotopic (exact) mass is 413 g/mol. The quantitative estimate of drug-likeness (QED) is 0.711. The van der Waals surface area contributed by atoms with Crippen LogP contribution in [0.1, 0.15) is 50.2 Å². The van der Waals surface area contributed by atoms with Crippen LogP contribution in [0, 0.1) is 0 Å². The van der Waals surface area contributed by atoms with E-state index in [0.717, 1.165) is 38.2 Å². The molecule has 0 aliphatic carbocycles. The lowest BCUT2D eigenvalue weighted by Crippen LogP contribution is -2.49. The fraction of sp³-hybridized carbons (Fsp3) is 0.565. The van der Waals surface area contributed by atoms with Gasteiger partial charge in [-0.2, -0.15) is 4.98 Å². The zero-order valence-corrected chi connectivity index (χ0v) is 18.0. The number of aliphatic hydroxyl groups is 1. The van der Waals surface area contributed by atoms with E-state index in [1.165, 1.54) is 12.7 Å². The van der Waals surface area contributed by atoms with Crippen molar-refractivity contribution in [1.29, 1.82) is 0 Å². The summed E-state index contributed by atoms with van der Waals surface area (Å²) in [6.45, 7) is 3.67. The topological polar surface area (TPSA) is 76.9 Å². The highest BCUT2D eigenvalue weighted by atomic mass is 16.5. The Kier molecular flexibility index (Phi) is 6.11. The lowest BCUT2D eigenvalue weighted by atomic mass is 9.81. The summed E-state index contributed by atoms with van der Waals surface area (Å²) in [5.74, 6) is 1.35. The van der Waals surface area contributed by atoms with Gasteiger partial charge in [0.2, 0.25) is 5.88 Å². The van der Waals surface area contributed by atoms with E-state index >= 15 is 0 Å². The predicted octanol–water partition coefficient (Wildman–Crippen LogP) is 3.30. The largest absolute Gasteiger partial charge is 0.493 e. The van der Waals surface area contributed by atoms with Gasteiger partial charge in [0.25, 0.3) is 0 Å². The van der Waals surface area contributed by atoms with Crippen LogP contribution < -0.4 is 14.2 Å². The Hall–Kier alpha value is -2.38. The average Bonchev–Trinajstić information content (AvgIpc) is 3.01. The van der Waals surface area contributed by atoms with Crippen molar-refractivity contribution in [2.24, 2.45) is 0 Å². The summed E-state index contributed by atoms with van der Waals surface area (Å²) in [4.78, 5) is 11.0. The Bertz CT molecular complexity index is 861. The van der Waals surface area contributed by atoms with E-state index in [-0.39, 0.29) is 6.01 Å². The second-order valence-electron chi connectivity index (χ2n) is 8.23. The standard InChI is InChI=1S/C23H31N3O4/c1-4-11-30-20-8-6-5-7-16(20)15-26-17-9-10-18(26)13-23(27,12-17)19-14-24-22(29-3)25-21(19)28-2/h5-8,14,17-18,27H,4,9-13,15H2,1-3H3. The second-order valence-corrected chi connectivity index (χ2v) is 8.23. The number of hydrogen-bond donors (Lipinski definition) is 1. The minimum Gasteiger partial charge on any atom is -0.493 e. The molecule has 1 aromatic heterocycles. The number of nitrogens with zero attached hydrogens (tertiary/aromatic N) is 3. The first-order valence-corrected chi connectivity index (χ1v) is 10.7. The van der Waals surface area contributed by atoms with Crippen molar-refractivity contribution in [3.63, 3.8) is 0 Å². The molecule has 0 spiro atoms. The van der Waals surface area contributed by atoms with Gasteiger partial charge < -0.3 is 19.3 Å². The van der Waals surface area contributed by atoms with E-state index in [0.29, 0.717) is 36.4 Å². The minimum atomic E-state index is -1.00. The highest BCUT2D eigenvalue weighted by molar-refractivity contribution is 5.35. The molecule has 2 saturated heterocycles. The highest BCUT2D eigenvalue weighted by Gasteiger charge is 2.49. The summed E-state index contributed by atoms with van der Waals surface area (Å²) in [6, 6.07) is 9.10. The molecule has 2 bridgehead atoms. The maximum absolute atomic E-state index is 11.6. The van der Waals surface area contributed by atoms with Gasteiger partial charge >= 0.3 is 6.01 Å². The SMILES string of the molecule is CCCOc1ccccc1CN1C2CCC1CC(O)(c1cnc(OC)nc1OC)C2. The van der Waals surface area contributed by atoms with Gasteiger partial charge in [-0.05, 0) is 38.2 Å². The number of rotatable bonds is 8. The molecule has 0 radical (unpaired) electrons. The summed E-state index contributed by atoms with van der Waals surface area (Å²) < 4.78 is 16.5. The van der Waals surface area contributed by atoms with Crippen molar-refractivity contribution < 1.29 is 19.3 Å². The maximum Gasteiger partial charge on any atom is 0.319 e. The van der Waals surface area contributed by atoms with Gasteiger partial charge in [0.1, 0.15) is 5.75 Å². The van der Waals surface area contributed by atoms with Crippen molar-refractivity contribution in [1.82, 2.24) is 14.9 Å². The normalized spacial score (nSPS) is 25.9. The Morgan fingerprint density at radius 3 is 2.53 bits per heavy atom. The molecular formula is C23H31N3O4. The lowest BCUT2D eigenvalue weighted by molar-refractivity contribution is -0.0614. The molecule has 4 rings (SSSR count). The van der Waals surface area contributed by atoms with Crippen LogP contribution in [-0.2, 0) is 12.1 Å². The van der Waals surface area contributed by atoms with Gasteiger partial charge in [0, 0.05) is 30.4 Å². The van der Waals surface area contributed by atoms with Crippen molar-refractivity contribution in [3.8, 4) is 17.6 Å². The van der Waals surface area contributed by atoms with E-state index < -0.39 is 5.60 Å². The molecule has 1 N–H and O–H groups in total. The van der Waals surface area contributed by atoms with Gasteiger partial charge in [0.05, 0.1) is 32.0 Å². The van der Waals surface area contributed by atoms with Crippen LogP contribution >= 0.6 is 0 Å². The molecule has 0 saturated carbocycles. The van der Waals surface area contributed by atoms with E-state index in [2.05, 4.69) is 33.9 Å². The molecule has 2 aliphatic heterocycles. The molecular weight excluding hydrogens is 382 g/mol. The Labute approximate surface area is 178 Å².